The Morgan fingerprint density at radius 3 is 1.33 bits per heavy atom. The maximum Gasteiger partial charge on any atom is 0.391 e. The second kappa shape index (κ2) is 15.4. The highest BCUT2D eigenvalue weighted by Crippen LogP contribution is 2.39. The number of fused-ring (bicyclic) bond motifs is 2. The van der Waals surface area contributed by atoms with Crippen LogP contribution in [0.2, 0.25) is 0 Å². The highest BCUT2D eigenvalue weighted by molar-refractivity contribution is 7.17. The first-order chi connectivity index (χ1) is 25.8. The van der Waals surface area contributed by atoms with E-state index in [0.29, 0.717) is 58.0 Å². The largest absolute Gasteiger partial charge is 0.391 e. The van der Waals surface area contributed by atoms with Gasteiger partial charge in [0, 0.05) is 36.9 Å². The van der Waals surface area contributed by atoms with Crippen LogP contribution in [0.3, 0.4) is 0 Å². The highest BCUT2D eigenvalue weighted by Gasteiger charge is 2.42. The van der Waals surface area contributed by atoms with Gasteiger partial charge in [-0.25, -0.2) is 29.9 Å². The van der Waals surface area contributed by atoms with Crippen molar-refractivity contribution >= 4 is 54.9 Å². The van der Waals surface area contributed by atoms with Gasteiger partial charge in [0.2, 0.25) is 11.9 Å². The van der Waals surface area contributed by atoms with Crippen molar-refractivity contribution in [3.8, 4) is 11.9 Å². The van der Waals surface area contributed by atoms with Gasteiger partial charge in [-0.1, -0.05) is 0 Å². The van der Waals surface area contributed by atoms with Crippen LogP contribution in [0, 0.1) is 11.8 Å². The van der Waals surface area contributed by atoms with E-state index in [-0.39, 0.29) is 61.0 Å². The number of carbonyl (C=O) groups excluding carboxylic acids is 2. The quantitative estimate of drug-likeness (QED) is 0.166. The van der Waals surface area contributed by atoms with Crippen LogP contribution in [0.15, 0.2) is 60.3 Å². The lowest BCUT2D eigenvalue weighted by atomic mass is 9.85. The number of carbonyl (C=O) groups is 2. The first-order valence-electron chi connectivity index (χ1n) is 17.1. The van der Waals surface area contributed by atoms with Crippen molar-refractivity contribution < 1.29 is 35.9 Å². The van der Waals surface area contributed by atoms with Gasteiger partial charge in [0.25, 0.3) is 11.8 Å². The molecule has 0 aromatic carbocycles. The number of hydrogen-bond acceptors (Lipinski definition) is 10. The molecule has 2 aliphatic rings. The molecule has 0 unspecified atom stereocenters. The van der Waals surface area contributed by atoms with Crippen LogP contribution in [-0.4, -0.2) is 75.3 Å². The molecule has 20 heteroatoms. The van der Waals surface area contributed by atoms with Gasteiger partial charge in [-0.2, -0.15) is 26.3 Å². The van der Waals surface area contributed by atoms with Crippen LogP contribution in [0.25, 0.3) is 32.3 Å². The lowest BCUT2D eigenvalue weighted by molar-refractivity contribution is -0.183. The number of amides is 2. The minimum absolute atomic E-state index is 0.0346. The van der Waals surface area contributed by atoms with Crippen molar-refractivity contribution in [2.24, 2.45) is 11.8 Å². The summed E-state index contributed by atoms with van der Waals surface area (Å²) >= 11 is 2.71. The summed E-state index contributed by atoms with van der Waals surface area (Å²) in [6.07, 6.45) is 2.63. The maximum absolute atomic E-state index is 12.8. The zero-order chi connectivity index (χ0) is 38.0. The van der Waals surface area contributed by atoms with E-state index in [1.54, 1.807) is 46.1 Å². The Balaban J connectivity index is 0.000000167. The lowest BCUT2D eigenvalue weighted by Gasteiger charge is -2.30. The second-order valence-electron chi connectivity index (χ2n) is 13.1. The van der Waals surface area contributed by atoms with Crippen molar-refractivity contribution in [1.82, 2.24) is 49.7 Å². The predicted molar refractivity (Wildman–Crippen MR) is 188 cm³/mol. The van der Waals surface area contributed by atoms with E-state index < -0.39 is 24.2 Å². The summed E-state index contributed by atoms with van der Waals surface area (Å²) in [7, 11) is 0. The van der Waals surface area contributed by atoms with Gasteiger partial charge >= 0.3 is 12.4 Å². The number of imidazole rings is 2. The highest BCUT2D eigenvalue weighted by atomic mass is 32.1. The van der Waals surface area contributed by atoms with Crippen LogP contribution in [-0.2, 0) is 0 Å². The van der Waals surface area contributed by atoms with E-state index >= 15 is 0 Å². The molecule has 0 aliphatic heterocycles. The van der Waals surface area contributed by atoms with Crippen molar-refractivity contribution in [2.45, 2.75) is 75.8 Å². The molecule has 2 amide bonds. The molecule has 8 rings (SSSR count). The fourth-order valence-electron chi connectivity index (χ4n) is 6.63. The third-order valence-electron chi connectivity index (χ3n) is 9.54. The molecule has 54 heavy (non-hydrogen) atoms. The van der Waals surface area contributed by atoms with Crippen LogP contribution in [0.1, 0.15) is 72.3 Å². The van der Waals surface area contributed by atoms with Gasteiger partial charge in [-0.3, -0.25) is 18.7 Å². The number of nitrogens with zero attached hydrogens (tertiary/aromatic N) is 8. The average molecular weight is 791 g/mol. The average Bonchev–Trinajstić information content (AvgIpc) is 3.98. The smallest absolute Gasteiger partial charge is 0.348 e. The molecule has 2 N–H and O–H groups in total. The van der Waals surface area contributed by atoms with E-state index in [9.17, 15) is 35.9 Å². The van der Waals surface area contributed by atoms with Gasteiger partial charge in [0.15, 0.2) is 11.4 Å². The van der Waals surface area contributed by atoms with Gasteiger partial charge in [-0.05, 0) is 74.3 Å². The summed E-state index contributed by atoms with van der Waals surface area (Å²) in [4.78, 5) is 51.0. The molecular weight excluding hydrogens is 759 g/mol. The summed E-state index contributed by atoms with van der Waals surface area (Å²) in [5.41, 5.74) is 1.75. The zero-order valence-electron chi connectivity index (χ0n) is 28.2. The lowest BCUT2D eigenvalue weighted by Crippen LogP contribution is -2.40. The molecular formula is C34H32F6N10O2S2. The normalized spacial score (nSPS) is 20.7. The Bertz CT molecular complexity index is 2050. The molecule has 6 heterocycles. The molecule has 0 bridgehead atoms. The van der Waals surface area contributed by atoms with E-state index in [4.69, 9.17) is 0 Å². The minimum Gasteiger partial charge on any atom is -0.348 e. The topological polar surface area (TPSA) is 145 Å². The zero-order valence-corrected chi connectivity index (χ0v) is 29.9. The van der Waals surface area contributed by atoms with Crippen LogP contribution < -0.4 is 10.6 Å². The van der Waals surface area contributed by atoms with Gasteiger partial charge in [0.1, 0.15) is 12.7 Å². The monoisotopic (exact) mass is 790 g/mol. The molecule has 12 nitrogen and oxygen atoms in total. The summed E-state index contributed by atoms with van der Waals surface area (Å²) in [6.45, 7) is 0. The molecule has 2 saturated carbocycles. The van der Waals surface area contributed by atoms with E-state index in [0.717, 1.165) is 0 Å². The van der Waals surface area contributed by atoms with Gasteiger partial charge in [0.05, 0.1) is 32.3 Å². The Hall–Kier alpha value is -4.98. The number of aromatic nitrogens is 8. The molecule has 0 spiro atoms. The number of hydrogen-bond donors (Lipinski definition) is 2. The van der Waals surface area contributed by atoms with E-state index in [1.165, 1.54) is 35.3 Å². The Labute approximate surface area is 311 Å². The Kier molecular flexibility index (Phi) is 10.7. The maximum atomic E-state index is 12.8. The van der Waals surface area contributed by atoms with Gasteiger partial charge in [-0.15, -0.1) is 22.7 Å². The molecule has 0 atom stereocenters. The predicted octanol–water partition coefficient (Wildman–Crippen LogP) is 7.46. The van der Waals surface area contributed by atoms with E-state index in [1.807, 2.05) is 10.8 Å². The van der Waals surface area contributed by atoms with Crippen molar-refractivity contribution in [1.29, 1.82) is 0 Å². The van der Waals surface area contributed by atoms with E-state index in [2.05, 4.69) is 40.5 Å². The molecule has 6 aromatic rings. The van der Waals surface area contributed by atoms with Crippen molar-refractivity contribution in [2.75, 3.05) is 0 Å². The molecule has 6 aromatic heterocycles. The third-order valence-corrected chi connectivity index (χ3v) is 11.4. The molecule has 0 saturated heterocycles. The number of rotatable bonds is 6. The molecule has 284 valence electrons. The number of nitrogens with one attached hydrogen (secondary N) is 2. The van der Waals surface area contributed by atoms with Crippen molar-refractivity contribution in [3.05, 3.63) is 71.7 Å². The molecule has 0 radical (unpaired) electrons. The first kappa shape index (κ1) is 37.3. The molecule has 2 aliphatic carbocycles. The van der Waals surface area contributed by atoms with Crippen LogP contribution >= 0.6 is 22.7 Å². The Morgan fingerprint density at radius 1 is 0.611 bits per heavy atom. The fourth-order valence-corrected chi connectivity index (χ4v) is 8.27. The standard InChI is InChI=1S/2C17H16F3N5OS/c2*18-17(19,20)10-1-3-11(4-2-10)22-15(26)13-14-12(5-8-27-14)23-16(24-13)25-7-6-21-9-25/h2*5-11H,1-4H2,(H,22,26). The second-order valence-corrected chi connectivity index (χ2v) is 14.9. The summed E-state index contributed by atoms with van der Waals surface area (Å²) < 4.78 is 81.3. The number of halogens is 6. The minimum atomic E-state index is -4.16. The summed E-state index contributed by atoms with van der Waals surface area (Å²) in [5.74, 6) is -2.68. The van der Waals surface area contributed by atoms with Gasteiger partial charge < -0.3 is 10.6 Å². The summed E-state index contributed by atoms with van der Waals surface area (Å²) in [6, 6.07) is 3.04. The van der Waals surface area contributed by atoms with Crippen LogP contribution in [0.4, 0.5) is 26.3 Å². The third kappa shape index (κ3) is 8.38. The van der Waals surface area contributed by atoms with Crippen molar-refractivity contribution in [3.63, 3.8) is 0 Å². The van der Waals surface area contributed by atoms with Crippen LogP contribution in [0.5, 0.6) is 0 Å². The first-order valence-corrected chi connectivity index (χ1v) is 18.8. The fraction of sp³-hybridized carbons (Fsp3) is 0.412. The SMILES string of the molecule is O=C(NC1CCC(C(F)(F)F)CC1)c1nc(-n2ccnc2)nc2ccsc12.O=C(NC1CCC(C(F)(F)F)CC1)c1nc(-n2ccnc2)nc2ccsc12. The Morgan fingerprint density at radius 2 is 1.00 bits per heavy atom. The number of alkyl halides is 6. The molecule has 2 fully saturated rings. The summed E-state index contributed by atoms with van der Waals surface area (Å²) in [5, 5.41) is 9.34. The number of thiophene rings is 2.